The fourth-order valence-electron chi connectivity index (χ4n) is 6.49. The standard InChI is InChI=1S/C27H68O14Si7.CH4/c1-13-37-18-14-19-42(9)38-43(10,20-15-23-46(26-28,30-2)31-3)40-45(12,22-17-25-48(34-6,35-7)36-8)41-44(11,39-42)21-16-24-47(27-29,32-4)33-5;/h28-29H,13-27H2,1-12H3;1H4. The van der Waals surface area contributed by atoms with E-state index in [9.17, 15) is 10.2 Å². The minimum absolute atomic E-state index is 0. The number of hydrogen-bond donors (Lipinski definition) is 2. The molecule has 1 fully saturated rings. The highest BCUT2D eigenvalue weighted by molar-refractivity contribution is 6.94. The third-order valence-corrected chi connectivity index (χ3v) is 37.1. The minimum Gasteiger partial charge on any atom is -0.416 e. The van der Waals surface area contributed by atoms with Crippen molar-refractivity contribution in [3.63, 3.8) is 0 Å². The van der Waals surface area contributed by atoms with E-state index in [4.69, 9.17) is 52.2 Å². The first-order valence-corrected chi connectivity index (χ1v) is 33.5. The van der Waals surface area contributed by atoms with Crippen LogP contribution in [-0.2, 0) is 52.2 Å². The lowest BCUT2D eigenvalue weighted by molar-refractivity contribution is 0.123. The first-order chi connectivity index (χ1) is 22.6. The van der Waals surface area contributed by atoms with E-state index < -0.39 is 60.2 Å². The van der Waals surface area contributed by atoms with Gasteiger partial charge in [0.25, 0.3) is 0 Å². The molecule has 2 unspecified atom stereocenters. The summed E-state index contributed by atoms with van der Waals surface area (Å²) in [6.45, 7) is 11.8. The molecule has 0 aromatic carbocycles. The van der Waals surface area contributed by atoms with Crippen molar-refractivity contribution in [3.05, 3.63) is 0 Å². The maximum absolute atomic E-state index is 10.1. The van der Waals surface area contributed by atoms with Gasteiger partial charge in [0.2, 0.25) is 0 Å². The van der Waals surface area contributed by atoms with Gasteiger partial charge in [-0.1, -0.05) is 7.43 Å². The van der Waals surface area contributed by atoms with E-state index in [2.05, 4.69) is 26.2 Å². The van der Waals surface area contributed by atoms with Gasteiger partial charge in [-0.15, -0.1) is 0 Å². The van der Waals surface area contributed by atoms with Crippen molar-refractivity contribution in [2.45, 2.75) is 109 Å². The Balaban J connectivity index is 0.0000230. The first-order valence-electron chi connectivity index (χ1n) is 17.0. The number of ether oxygens (including phenoxy) is 1. The largest absolute Gasteiger partial charge is 0.500 e. The average Bonchev–Trinajstić information content (AvgIpc) is 3.05. The van der Waals surface area contributed by atoms with Crippen LogP contribution in [0.25, 0.3) is 0 Å². The molecular weight excluding hydrogens is 757 g/mol. The monoisotopic (exact) mass is 828 g/mol. The molecule has 21 heteroatoms. The Hall–Kier alpha value is 0.958. The fourth-order valence-corrected chi connectivity index (χ4v) is 36.0. The third-order valence-electron chi connectivity index (χ3n) is 9.24. The van der Waals surface area contributed by atoms with Crippen LogP contribution >= 0.6 is 0 Å². The molecule has 0 aliphatic carbocycles. The van der Waals surface area contributed by atoms with Crippen molar-refractivity contribution in [1.29, 1.82) is 0 Å². The molecule has 0 amide bonds. The number of aliphatic hydroxyl groups is 2. The predicted molar refractivity (Wildman–Crippen MR) is 207 cm³/mol. The number of aliphatic hydroxyl groups excluding tert-OH is 2. The fraction of sp³-hybridized carbons (Fsp3) is 1.00. The van der Waals surface area contributed by atoms with Gasteiger partial charge < -0.3 is 62.4 Å². The zero-order chi connectivity index (χ0) is 36.6. The second kappa shape index (κ2) is 23.0. The summed E-state index contributed by atoms with van der Waals surface area (Å²) in [6.07, 6.45) is 2.72. The van der Waals surface area contributed by atoms with Gasteiger partial charge in [-0.25, -0.2) is 0 Å². The smallest absolute Gasteiger partial charge is 0.416 e. The number of rotatable bonds is 26. The van der Waals surface area contributed by atoms with Crippen LogP contribution in [0.5, 0.6) is 0 Å². The molecule has 0 spiro atoms. The quantitative estimate of drug-likeness (QED) is 0.0890. The van der Waals surface area contributed by atoms with E-state index in [1.165, 1.54) is 0 Å². The van der Waals surface area contributed by atoms with E-state index in [0.29, 0.717) is 49.5 Å². The highest BCUT2D eigenvalue weighted by atomic mass is 28.5. The molecule has 1 aliphatic heterocycles. The van der Waals surface area contributed by atoms with E-state index in [1.54, 1.807) is 49.8 Å². The number of hydrogen-bond acceptors (Lipinski definition) is 14. The summed E-state index contributed by atoms with van der Waals surface area (Å²) < 4.78 is 74.7. The Morgan fingerprint density at radius 1 is 0.490 bits per heavy atom. The van der Waals surface area contributed by atoms with Crippen molar-refractivity contribution >= 4 is 60.2 Å². The normalized spacial score (nSPS) is 27.1. The maximum Gasteiger partial charge on any atom is 0.500 e. The first kappa shape index (κ1) is 50.0. The molecule has 2 N–H and O–H groups in total. The average molecular weight is 829 g/mol. The molecule has 0 aromatic rings. The van der Waals surface area contributed by atoms with Crippen molar-refractivity contribution in [1.82, 2.24) is 0 Å². The van der Waals surface area contributed by atoms with Crippen LogP contribution in [0.3, 0.4) is 0 Å². The predicted octanol–water partition coefficient (Wildman–Crippen LogP) is 5.00. The highest BCUT2D eigenvalue weighted by Gasteiger charge is 2.57. The maximum atomic E-state index is 10.1. The van der Waals surface area contributed by atoms with Gasteiger partial charge in [-0.2, -0.15) is 0 Å². The van der Waals surface area contributed by atoms with Gasteiger partial charge in [0.1, 0.15) is 0 Å². The summed E-state index contributed by atoms with van der Waals surface area (Å²) in [5, 5.41) is 20.2. The van der Waals surface area contributed by atoms with Crippen molar-refractivity contribution in [2.24, 2.45) is 0 Å². The van der Waals surface area contributed by atoms with E-state index >= 15 is 0 Å². The Labute approximate surface area is 305 Å². The van der Waals surface area contributed by atoms with Gasteiger partial charge in [0.05, 0.1) is 12.5 Å². The van der Waals surface area contributed by atoms with Crippen LogP contribution in [-0.4, -0.2) is 146 Å². The van der Waals surface area contributed by atoms with Crippen LogP contribution in [0.1, 0.15) is 40.0 Å². The molecule has 0 bridgehead atoms. The van der Waals surface area contributed by atoms with Crippen LogP contribution in [0.15, 0.2) is 0 Å². The van der Waals surface area contributed by atoms with Gasteiger partial charge in [-0.3, -0.25) is 0 Å². The summed E-state index contributed by atoms with van der Waals surface area (Å²) >= 11 is 0. The molecule has 49 heavy (non-hydrogen) atoms. The van der Waals surface area contributed by atoms with Crippen LogP contribution in [0.2, 0.25) is 68.5 Å². The van der Waals surface area contributed by atoms with Gasteiger partial charge in [0, 0.05) is 69.0 Å². The summed E-state index contributed by atoms with van der Waals surface area (Å²) in [5.74, 6) is 0. The van der Waals surface area contributed by atoms with Crippen LogP contribution < -0.4 is 0 Å². The SMILES string of the molecule is C.CCOCCC[Si]1(C)O[Si](C)(CCC[Si](CO)(OC)OC)O[Si](C)(CCC[Si](OC)(OC)OC)O[Si](C)(CCC[Si](CO)(OC)OC)O1. The lowest BCUT2D eigenvalue weighted by Crippen LogP contribution is -2.67. The summed E-state index contributed by atoms with van der Waals surface area (Å²) in [6, 6.07) is 4.61. The van der Waals surface area contributed by atoms with Crippen molar-refractivity contribution < 1.29 is 62.4 Å². The molecule has 0 saturated carbocycles. The Morgan fingerprint density at radius 2 is 0.796 bits per heavy atom. The molecule has 0 aromatic heterocycles. The van der Waals surface area contributed by atoms with Crippen LogP contribution in [0.4, 0.5) is 0 Å². The lowest BCUT2D eigenvalue weighted by Gasteiger charge is -2.50. The third kappa shape index (κ3) is 15.7. The Bertz CT molecular complexity index is 820. The molecule has 2 atom stereocenters. The van der Waals surface area contributed by atoms with Crippen molar-refractivity contribution in [3.8, 4) is 0 Å². The minimum atomic E-state index is -2.95. The molecule has 296 valence electrons. The van der Waals surface area contributed by atoms with Gasteiger partial charge >= 0.3 is 60.2 Å². The molecular formula is C28H72O14Si7. The Morgan fingerprint density at radius 3 is 1.06 bits per heavy atom. The topological polar surface area (TPSA) is 151 Å². The summed E-state index contributed by atoms with van der Waals surface area (Å²) in [4.78, 5) is 0. The highest BCUT2D eigenvalue weighted by Crippen LogP contribution is 2.40. The Kier molecular flexibility index (Phi) is 23.5. The second-order valence-electron chi connectivity index (χ2n) is 13.1. The van der Waals surface area contributed by atoms with E-state index in [-0.39, 0.29) is 19.9 Å². The van der Waals surface area contributed by atoms with E-state index in [1.807, 2.05) is 6.92 Å². The molecule has 1 saturated heterocycles. The van der Waals surface area contributed by atoms with E-state index in [0.717, 1.165) is 31.7 Å². The van der Waals surface area contributed by atoms with Gasteiger partial charge in [-0.05, 0) is 95.1 Å². The van der Waals surface area contributed by atoms with Crippen LogP contribution in [0, 0.1) is 0 Å². The summed E-state index contributed by atoms with van der Waals surface area (Å²) in [7, 11) is -8.66. The van der Waals surface area contributed by atoms with Crippen molar-refractivity contribution in [2.75, 3.05) is 75.4 Å². The lowest BCUT2D eigenvalue weighted by atomic mass is 10.5. The summed E-state index contributed by atoms with van der Waals surface area (Å²) in [5.41, 5.74) is 0. The molecule has 0 radical (unpaired) electrons. The molecule has 1 heterocycles. The molecule has 1 rings (SSSR count). The zero-order valence-corrected chi connectivity index (χ0v) is 38.9. The molecule has 14 nitrogen and oxygen atoms in total. The zero-order valence-electron chi connectivity index (χ0n) is 31.9. The van der Waals surface area contributed by atoms with Gasteiger partial charge in [0.15, 0.2) is 0 Å². The second-order valence-corrected chi connectivity index (χ2v) is 37.4. The molecule has 1 aliphatic rings.